The van der Waals surface area contributed by atoms with Crippen LogP contribution < -0.4 is 5.32 Å². The first-order valence-corrected chi connectivity index (χ1v) is 7.25. The lowest BCUT2D eigenvalue weighted by atomic mass is 10.1. The summed E-state index contributed by atoms with van der Waals surface area (Å²) >= 11 is 0. The van der Waals surface area contributed by atoms with E-state index in [4.69, 9.17) is 5.11 Å². The lowest BCUT2D eigenvalue weighted by Gasteiger charge is -2.04. The van der Waals surface area contributed by atoms with Crippen molar-refractivity contribution in [2.24, 2.45) is 0 Å². The predicted octanol–water partition coefficient (Wildman–Crippen LogP) is 1.96. The lowest BCUT2D eigenvalue weighted by Crippen LogP contribution is -2.23. The molecule has 0 aliphatic carbocycles. The molecule has 23 heavy (non-hydrogen) atoms. The standard InChI is InChI=1S/C18H19NO4/c20-12-15-11-14(3-7-17(15)22)4-8-18(23)19-10-9-13-1-5-16(21)6-2-13/h1-8,11,20-22H,9-10,12H2,(H,19,23)/b8-4+. The number of phenols is 2. The number of rotatable bonds is 6. The molecule has 2 aromatic rings. The fourth-order valence-corrected chi connectivity index (χ4v) is 2.06. The van der Waals surface area contributed by atoms with Crippen molar-refractivity contribution in [2.75, 3.05) is 6.54 Å². The second-order valence-electron chi connectivity index (χ2n) is 5.09. The maximum atomic E-state index is 11.7. The molecule has 0 saturated carbocycles. The van der Waals surface area contributed by atoms with Gasteiger partial charge in [0.1, 0.15) is 11.5 Å². The first-order valence-electron chi connectivity index (χ1n) is 7.25. The molecule has 0 aliphatic rings. The number of phenolic OH excluding ortho intramolecular Hbond substituents is 1. The van der Waals surface area contributed by atoms with Crippen molar-refractivity contribution in [1.82, 2.24) is 5.32 Å². The fraction of sp³-hybridized carbons (Fsp3) is 0.167. The molecule has 0 unspecified atom stereocenters. The first-order chi connectivity index (χ1) is 11.1. The van der Waals surface area contributed by atoms with E-state index in [-0.39, 0.29) is 24.0 Å². The Labute approximate surface area is 134 Å². The van der Waals surface area contributed by atoms with Crippen molar-refractivity contribution < 1.29 is 20.1 Å². The van der Waals surface area contributed by atoms with E-state index in [9.17, 15) is 15.0 Å². The number of amides is 1. The molecular formula is C18H19NO4. The zero-order valence-corrected chi connectivity index (χ0v) is 12.6. The van der Waals surface area contributed by atoms with Gasteiger partial charge in [-0.05, 0) is 47.9 Å². The molecule has 2 aromatic carbocycles. The minimum atomic E-state index is -0.258. The van der Waals surface area contributed by atoms with Gasteiger partial charge in [-0.25, -0.2) is 0 Å². The SMILES string of the molecule is O=C(/C=C/c1ccc(O)c(CO)c1)NCCc1ccc(O)cc1. The molecule has 5 heteroatoms. The molecule has 0 bridgehead atoms. The van der Waals surface area contributed by atoms with Crippen LogP contribution in [-0.2, 0) is 17.8 Å². The van der Waals surface area contributed by atoms with Gasteiger partial charge in [-0.1, -0.05) is 18.2 Å². The highest BCUT2D eigenvalue weighted by Gasteiger charge is 2.01. The van der Waals surface area contributed by atoms with E-state index in [0.29, 0.717) is 18.5 Å². The second-order valence-corrected chi connectivity index (χ2v) is 5.09. The Morgan fingerprint density at radius 3 is 2.52 bits per heavy atom. The van der Waals surface area contributed by atoms with Crippen LogP contribution in [0.2, 0.25) is 0 Å². The summed E-state index contributed by atoms with van der Waals surface area (Å²) in [6.45, 7) is 0.234. The van der Waals surface area contributed by atoms with Crippen LogP contribution >= 0.6 is 0 Å². The summed E-state index contributed by atoms with van der Waals surface area (Å²) in [6, 6.07) is 11.6. The van der Waals surface area contributed by atoms with Gasteiger partial charge < -0.3 is 20.6 Å². The molecule has 0 spiro atoms. The summed E-state index contributed by atoms with van der Waals surface area (Å²) in [5.41, 5.74) is 2.17. The van der Waals surface area contributed by atoms with E-state index < -0.39 is 0 Å². The summed E-state index contributed by atoms with van der Waals surface area (Å²) in [4.78, 5) is 11.7. The highest BCUT2D eigenvalue weighted by atomic mass is 16.3. The monoisotopic (exact) mass is 313 g/mol. The number of carbonyl (C=O) groups excluding carboxylic acids is 1. The van der Waals surface area contributed by atoms with Gasteiger partial charge in [0, 0.05) is 18.2 Å². The number of aromatic hydroxyl groups is 2. The predicted molar refractivity (Wildman–Crippen MR) is 87.9 cm³/mol. The zero-order valence-electron chi connectivity index (χ0n) is 12.6. The summed E-state index contributed by atoms with van der Waals surface area (Å²) in [5, 5.41) is 30.5. The van der Waals surface area contributed by atoms with Crippen molar-refractivity contribution >= 4 is 12.0 Å². The van der Waals surface area contributed by atoms with Crippen molar-refractivity contribution in [3.05, 3.63) is 65.2 Å². The van der Waals surface area contributed by atoms with Crippen molar-refractivity contribution in [2.45, 2.75) is 13.0 Å². The third-order valence-electron chi connectivity index (χ3n) is 3.35. The number of carbonyl (C=O) groups is 1. The van der Waals surface area contributed by atoms with Gasteiger partial charge in [-0.3, -0.25) is 4.79 Å². The zero-order chi connectivity index (χ0) is 16.7. The van der Waals surface area contributed by atoms with Gasteiger partial charge in [-0.15, -0.1) is 0 Å². The minimum absolute atomic E-state index is 0.0306. The summed E-state index contributed by atoms with van der Waals surface area (Å²) in [5.74, 6) is 0.0299. The highest BCUT2D eigenvalue weighted by molar-refractivity contribution is 5.91. The molecule has 2 rings (SSSR count). The molecular weight excluding hydrogens is 294 g/mol. The first kappa shape index (κ1) is 16.6. The van der Waals surface area contributed by atoms with E-state index in [1.807, 2.05) is 12.1 Å². The fourth-order valence-electron chi connectivity index (χ4n) is 2.06. The van der Waals surface area contributed by atoms with Crippen molar-refractivity contribution in [3.63, 3.8) is 0 Å². The second kappa shape index (κ2) is 8.00. The third kappa shape index (κ3) is 5.16. The van der Waals surface area contributed by atoms with E-state index in [2.05, 4.69) is 5.32 Å². The van der Waals surface area contributed by atoms with Crippen LogP contribution in [0, 0.1) is 0 Å². The maximum Gasteiger partial charge on any atom is 0.244 e. The summed E-state index contributed by atoms with van der Waals surface area (Å²) in [7, 11) is 0. The average molecular weight is 313 g/mol. The van der Waals surface area contributed by atoms with Gasteiger partial charge in [0.25, 0.3) is 0 Å². The van der Waals surface area contributed by atoms with Crippen LogP contribution in [-0.4, -0.2) is 27.8 Å². The topological polar surface area (TPSA) is 89.8 Å². The van der Waals surface area contributed by atoms with E-state index >= 15 is 0 Å². The third-order valence-corrected chi connectivity index (χ3v) is 3.35. The van der Waals surface area contributed by atoms with E-state index in [0.717, 1.165) is 11.1 Å². The number of aliphatic hydroxyl groups is 1. The Hall–Kier alpha value is -2.79. The molecule has 0 heterocycles. The van der Waals surface area contributed by atoms with Gasteiger partial charge in [0.15, 0.2) is 0 Å². The Bertz CT molecular complexity index is 693. The average Bonchev–Trinajstić information content (AvgIpc) is 2.56. The van der Waals surface area contributed by atoms with Gasteiger partial charge >= 0.3 is 0 Å². The number of aliphatic hydroxyl groups excluding tert-OH is 1. The molecule has 120 valence electrons. The summed E-state index contributed by atoms with van der Waals surface area (Å²) in [6.07, 6.45) is 3.70. The number of hydrogen-bond acceptors (Lipinski definition) is 4. The van der Waals surface area contributed by atoms with Gasteiger partial charge in [0.05, 0.1) is 6.61 Å². The molecule has 0 aromatic heterocycles. The molecule has 0 atom stereocenters. The molecule has 0 saturated heterocycles. The maximum absolute atomic E-state index is 11.7. The smallest absolute Gasteiger partial charge is 0.244 e. The lowest BCUT2D eigenvalue weighted by molar-refractivity contribution is -0.116. The van der Waals surface area contributed by atoms with Crippen LogP contribution in [0.1, 0.15) is 16.7 Å². The van der Waals surface area contributed by atoms with E-state index in [1.54, 1.807) is 30.3 Å². The van der Waals surface area contributed by atoms with E-state index in [1.165, 1.54) is 12.1 Å². The Kier molecular flexibility index (Phi) is 5.77. The van der Waals surface area contributed by atoms with Gasteiger partial charge in [-0.2, -0.15) is 0 Å². The number of benzene rings is 2. The normalized spacial score (nSPS) is 10.8. The molecule has 5 nitrogen and oxygen atoms in total. The molecule has 0 fully saturated rings. The van der Waals surface area contributed by atoms with Crippen LogP contribution in [0.4, 0.5) is 0 Å². The van der Waals surface area contributed by atoms with Crippen LogP contribution in [0.25, 0.3) is 6.08 Å². The Morgan fingerprint density at radius 1 is 1.09 bits per heavy atom. The van der Waals surface area contributed by atoms with Crippen LogP contribution in [0.5, 0.6) is 11.5 Å². The quantitative estimate of drug-likeness (QED) is 0.614. The Morgan fingerprint density at radius 2 is 1.83 bits per heavy atom. The number of hydrogen-bond donors (Lipinski definition) is 4. The van der Waals surface area contributed by atoms with Crippen molar-refractivity contribution in [1.29, 1.82) is 0 Å². The molecule has 0 aliphatic heterocycles. The molecule has 1 amide bonds. The highest BCUT2D eigenvalue weighted by Crippen LogP contribution is 2.19. The minimum Gasteiger partial charge on any atom is -0.508 e. The van der Waals surface area contributed by atoms with Gasteiger partial charge in [0.2, 0.25) is 5.91 Å². The molecule has 4 N–H and O–H groups in total. The van der Waals surface area contributed by atoms with Crippen LogP contribution in [0.15, 0.2) is 48.5 Å². The largest absolute Gasteiger partial charge is 0.508 e. The Balaban J connectivity index is 1.83. The summed E-state index contributed by atoms with van der Waals surface area (Å²) < 4.78 is 0. The number of nitrogens with one attached hydrogen (secondary N) is 1. The van der Waals surface area contributed by atoms with Crippen LogP contribution in [0.3, 0.4) is 0 Å². The van der Waals surface area contributed by atoms with Crippen molar-refractivity contribution in [3.8, 4) is 11.5 Å². The molecule has 0 radical (unpaired) electrons.